The van der Waals surface area contributed by atoms with Crippen LogP contribution in [-0.4, -0.2) is 23.0 Å². The highest BCUT2D eigenvalue weighted by Gasteiger charge is 2.11. The Hall–Kier alpha value is -1.58. The summed E-state index contributed by atoms with van der Waals surface area (Å²) in [6.45, 7) is 0.743. The van der Waals surface area contributed by atoms with Crippen molar-refractivity contribution in [3.8, 4) is 5.88 Å². The molecule has 0 saturated heterocycles. The Morgan fingerprint density at radius 3 is 3.38 bits per heavy atom. The maximum atomic E-state index is 8.33. The molecule has 1 aromatic heterocycles. The van der Waals surface area contributed by atoms with Crippen LogP contribution in [0.2, 0.25) is 0 Å². The Kier molecular flexibility index (Phi) is 2.12. The molecule has 0 amide bonds. The molecule has 2 heterocycles. The van der Waals surface area contributed by atoms with Gasteiger partial charge in [-0.3, -0.25) is 0 Å². The molecule has 1 N–H and O–H groups in total. The topological polar surface area (TPSA) is 54.7 Å². The number of nitrogens with zero attached hydrogens (tertiary/aromatic N) is 2. The van der Waals surface area contributed by atoms with Crippen LogP contribution >= 0.6 is 0 Å². The van der Waals surface area contributed by atoms with Gasteiger partial charge in [0.05, 0.1) is 12.8 Å². The van der Waals surface area contributed by atoms with Crippen LogP contribution in [0.3, 0.4) is 0 Å². The lowest BCUT2D eigenvalue weighted by molar-refractivity contribution is 0.276. The van der Waals surface area contributed by atoms with Crippen molar-refractivity contribution in [3.05, 3.63) is 23.4 Å². The van der Waals surface area contributed by atoms with Gasteiger partial charge in [-0.05, 0) is 18.9 Å². The fourth-order valence-electron chi connectivity index (χ4n) is 1.39. The van der Waals surface area contributed by atoms with E-state index in [-0.39, 0.29) is 0 Å². The lowest BCUT2D eigenvalue weighted by Gasteiger charge is -2.15. The lowest BCUT2D eigenvalue weighted by atomic mass is 10.1. The summed E-state index contributed by atoms with van der Waals surface area (Å²) < 4.78 is 5.34. The number of oxime groups is 1. The second-order valence-corrected chi connectivity index (χ2v) is 2.93. The van der Waals surface area contributed by atoms with Crippen LogP contribution in [0.1, 0.15) is 17.5 Å². The number of hydrogen-bond acceptors (Lipinski definition) is 4. The van der Waals surface area contributed by atoms with Crippen molar-refractivity contribution in [2.75, 3.05) is 6.61 Å². The minimum Gasteiger partial charge on any atom is -0.477 e. The van der Waals surface area contributed by atoms with E-state index in [0.29, 0.717) is 5.88 Å². The van der Waals surface area contributed by atoms with E-state index in [1.165, 1.54) is 6.21 Å². The Bertz CT molecular complexity index is 336. The van der Waals surface area contributed by atoms with Crippen molar-refractivity contribution in [3.63, 3.8) is 0 Å². The monoisotopic (exact) mass is 178 g/mol. The van der Waals surface area contributed by atoms with Crippen molar-refractivity contribution in [1.82, 2.24) is 4.98 Å². The molecule has 4 heteroatoms. The molecule has 0 radical (unpaired) electrons. The van der Waals surface area contributed by atoms with Gasteiger partial charge in [0.25, 0.3) is 0 Å². The van der Waals surface area contributed by atoms with E-state index in [4.69, 9.17) is 9.94 Å². The first-order valence-corrected chi connectivity index (χ1v) is 4.19. The summed E-state index contributed by atoms with van der Waals surface area (Å²) in [5.74, 6) is 0.710. The van der Waals surface area contributed by atoms with Gasteiger partial charge in [0.1, 0.15) is 0 Å². The number of rotatable bonds is 1. The second kappa shape index (κ2) is 3.43. The average Bonchev–Trinajstić information content (AvgIpc) is 2.18. The molecule has 0 saturated carbocycles. The SMILES string of the molecule is ON=Cc1cnc2c(c1)CCCO2. The highest BCUT2D eigenvalue weighted by Crippen LogP contribution is 2.21. The molecule has 0 unspecified atom stereocenters. The van der Waals surface area contributed by atoms with E-state index in [1.807, 2.05) is 6.07 Å². The summed E-state index contributed by atoms with van der Waals surface area (Å²) >= 11 is 0. The van der Waals surface area contributed by atoms with Crippen LogP contribution in [0.25, 0.3) is 0 Å². The molecular formula is C9H10N2O2. The molecule has 2 rings (SSSR count). The fraction of sp³-hybridized carbons (Fsp3) is 0.333. The smallest absolute Gasteiger partial charge is 0.216 e. The van der Waals surface area contributed by atoms with Gasteiger partial charge in [0.2, 0.25) is 5.88 Å². The van der Waals surface area contributed by atoms with E-state index in [9.17, 15) is 0 Å². The first-order valence-electron chi connectivity index (χ1n) is 4.19. The number of fused-ring (bicyclic) bond motifs is 1. The molecule has 13 heavy (non-hydrogen) atoms. The van der Waals surface area contributed by atoms with Crippen LogP contribution in [-0.2, 0) is 6.42 Å². The van der Waals surface area contributed by atoms with Gasteiger partial charge < -0.3 is 9.94 Å². The predicted octanol–water partition coefficient (Wildman–Crippen LogP) is 1.21. The van der Waals surface area contributed by atoms with Gasteiger partial charge in [-0.2, -0.15) is 0 Å². The number of aryl methyl sites for hydroxylation is 1. The highest BCUT2D eigenvalue weighted by molar-refractivity contribution is 5.79. The Labute approximate surface area is 75.9 Å². The Balaban J connectivity index is 2.35. The number of hydrogen-bond donors (Lipinski definition) is 1. The molecule has 4 nitrogen and oxygen atoms in total. The zero-order valence-electron chi connectivity index (χ0n) is 7.10. The number of ether oxygens (including phenoxy) is 1. The Morgan fingerprint density at radius 1 is 1.62 bits per heavy atom. The molecule has 0 aliphatic carbocycles. The lowest BCUT2D eigenvalue weighted by Crippen LogP contribution is -2.10. The van der Waals surface area contributed by atoms with Gasteiger partial charge in [-0.25, -0.2) is 4.98 Å². The first kappa shape index (κ1) is 8.04. The molecule has 1 aliphatic heterocycles. The van der Waals surface area contributed by atoms with Crippen molar-refractivity contribution in [2.45, 2.75) is 12.8 Å². The minimum atomic E-state index is 0.710. The quantitative estimate of drug-likeness (QED) is 0.399. The number of pyridine rings is 1. The molecule has 1 aromatic rings. The van der Waals surface area contributed by atoms with Crippen molar-refractivity contribution in [2.24, 2.45) is 5.16 Å². The van der Waals surface area contributed by atoms with Crippen LogP contribution in [0.15, 0.2) is 17.4 Å². The third-order valence-corrected chi connectivity index (χ3v) is 1.98. The van der Waals surface area contributed by atoms with E-state index >= 15 is 0 Å². The molecule has 1 aliphatic rings. The van der Waals surface area contributed by atoms with Crippen LogP contribution in [0.4, 0.5) is 0 Å². The van der Waals surface area contributed by atoms with Gasteiger partial charge in [-0.15, -0.1) is 0 Å². The van der Waals surface area contributed by atoms with Crippen molar-refractivity contribution >= 4 is 6.21 Å². The summed E-state index contributed by atoms with van der Waals surface area (Å²) in [5, 5.41) is 11.3. The molecule has 0 fully saturated rings. The molecule has 68 valence electrons. The fourth-order valence-corrected chi connectivity index (χ4v) is 1.39. The van der Waals surface area contributed by atoms with Gasteiger partial charge in [0.15, 0.2) is 0 Å². The summed E-state index contributed by atoms with van der Waals surface area (Å²) in [5.41, 5.74) is 1.88. The minimum absolute atomic E-state index is 0.710. The molecule has 0 atom stereocenters. The number of aromatic nitrogens is 1. The van der Waals surface area contributed by atoms with Crippen LogP contribution < -0.4 is 4.74 Å². The maximum Gasteiger partial charge on any atom is 0.216 e. The summed E-state index contributed by atoms with van der Waals surface area (Å²) in [6.07, 6.45) is 5.00. The molecule has 0 aromatic carbocycles. The Morgan fingerprint density at radius 2 is 2.54 bits per heavy atom. The highest BCUT2D eigenvalue weighted by atomic mass is 16.5. The largest absolute Gasteiger partial charge is 0.477 e. The molecule has 0 spiro atoms. The zero-order valence-corrected chi connectivity index (χ0v) is 7.10. The van der Waals surface area contributed by atoms with Crippen molar-refractivity contribution < 1.29 is 9.94 Å². The standard InChI is InChI=1S/C9H10N2O2/c12-11-6-7-4-8-2-1-3-13-9(8)10-5-7/h4-6,12H,1-3H2. The predicted molar refractivity (Wildman–Crippen MR) is 47.4 cm³/mol. The van der Waals surface area contributed by atoms with E-state index in [1.54, 1.807) is 6.20 Å². The van der Waals surface area contributed by atoms with Gasteiger partial charge >= 0.3 is 0 Å². The second-order valence-electron chi connectivity index (χ2n) is 2.93. The van der Waals surface area contributed by atoms with E-state index in [0.717, 1.165) is 30.6 Å². The third kappa shape index (κ3) is 1.61. The van der Waals surface area contributed by atoms with Gasteiger partial charge in [0, 0.05) is 17.3 Å². The first-order chi connectivity index (χ1) is 6.40. The van der Waals surface area contributed by atoms with E-state index in [2.05, 4.69) is 10.1 Å². The summed E-state index contributed by atoms with van der Waals surface area (Å²) in [6, 6.07) is 1.93. The normalized spacial score (nSPS) is 15.4. The van der Waals surface area contributed by atoms with Crippen LogP contribution in [0, 0.1) is 0 Å². The summed E-state index contributed by atoms with van der Waals surface area (Å²) in [7, 11) is 0. The summed E-state index contributed by atoms with van der Waals surface area (Å²) in [4.78, 5) is 4.11. The zero-order chi connectivity index (χ0) is 9.10. The van der Waals surface area contributed by atoms with Gasteiger partial charge in [-0.1, -0.05) is 5.16 Å². The van der Waals surface area contributed by atoms with Crippen LogP contribution in [0.5, 0.6) is 5.88 Å². The molecular weight excluding hydrogens is 168 g/mol. The molecule has 0 bridgehead atoms. The maximum absolute atomic E-state index is 8.33. The average molecular weight is 178 g/mol. The van der Waals surface area contributed by atoms with Crippen molar-refractivity contribution in [1.29, 1.82) is 0 Å². The van der Waals surface area contributed by atoms with E-state index < -0.39 is 0 Å². The third-order valence-electron chi connectivity index (χ3n) is 1.98.